The minimum Gasteiger partial charge on any atom is -0.348 e. The van der Waals surface area contributed by atoms with Gasteiger partial charge < -0.3 is 4.57 Å². The lowest BCUT2D eigenvalue weighted by molar-refractivity contribution is 0.0909. The van der Waals surface area contributed by atoms with E-state index in [1.165, 1.54) is 4.31 Å². The third kappa shape index (κ3) is 3.44. The molecule has 0 spiro atoms. The number of carbonyl (C=O) groups excluding carboxylic acids is 1. The summed E-state index contributed by atoms with van der Waals surface area (Å²) in [4.78, 5) is 13.4. The summed E-state index contributed by atoms with van der Waals surface area (Å²) in [5.74, 6) is 0.171. The van der Waals surface area contributed by atoms with Gasteiger partial charge in [0.2, 0.25) is 10.0 Å². The minimum atomic E-state index is -3.55. The molecule has 0 radical (unpaired) electrons. The van der Waals surface area contributed by atoms with Crippen LogP contribution in [0.15, 0.2) is 29.2 Å². The third-order valence-corrected chi connectivity index (χ3v) is 7.65. The molecule has 1 aliphatic carbocycles. The first-order chi connectivity index (χ1) is 13.0. The van der Waals surface area contributed by atoms with E-state index in [0.717, 1.165) is 41.0 Å². The van der Waals surface area contributed by atoms with Gasteiger partial charge in [-0.2, -0.15) is 0 Å². The summed E-state index contributed by atoms with van der Waals surface area (Å²) in [6, 6.07) is 7.09. The van der Waals surface area contributed by atoms with Crippen LogP contribution in [0.3, 0.4) is 0 Å². The second-order valence-electron chi connectivity index (χ2n) is 8.64. The van der Waals surface area contributed by atoms with Gasteiger partial charge >= 0.3 is 0 Å². The molecule has 152 valence electrons. The number of sulfonamides is 1. The lowest BCUT2D eigenvalue weighted by atomic mass is 9.75. The van der Waals surface area contributed by atoms with Crippen LogP contribution >= 0.6 is 0 Å². The van der Waals surface area contributed by atoms with E-state index < -0.39 is 10.0 Å². The van der Waals surface area contributed by atoms with E-state index in [-0.39, 0.29) is 11.2 Å². The fourth-order valence-electron chi connectivity index (χ4n) is 4.34. The first-order valence-corrected chi connectivity index (χ1v) is 11.2. The molecule has 0 atom stereocenters. The molecule has 3 rings (SSSR count). The van der Waals surface area contributed by atoms with Crippen LogP contribution in [0.2, 0.25) is 0 Å². The normalized spacial score (nSPS) is 16.5. The van der Waals surface area contributed by atoms with E-state index in [0.29, 0.717) is 17.7 Å². The van der Waals surface area contributed by atoms with E-state index in [9.17, 15) is 13.2 Å². The second-order valence-corrected chi connectivity index (χ2v) is 10.8. The molecule has 6 heteroatoms. The zero-order chi connectivity index (χ0) is 20.9. The zero-order valence-corrected chi connectivity index (χ0v) is 18.5. The van der Waals surface area contributed by atoms with Crippen molar-refractivity contribution in [1.82, 2.24) is 8.87 Å². The van der Waals surface area contributed by atoms with Crippen molar-refractivity contribution in [2.24, 2.45) is 5.41 Å². The first-order valence-electron chi connectivity index (χ1n) is 9.74. The van der Waals surface area contributed by atoms with Crippen LogP contribution in [0.25, 0.3) is 0 Å². The van der Waals surface area contributed by atoms with Crippen LogP contribution in [0.5, 0.6) is 0 Å². The minimum absolute atomic E-state index is 0.0504. The fourth-order valence-corrected chi connectivity index (χ4v) is 5.46. The predicted molar refractivity (Wildman–Crippen MR) is 111 cm³/mol. The summed E-state index contributed by atoms with van der Waals surface area (Å²) in [5, 5.41) is 0. The van der Waals surface area contributed by atoms with Gasteiger partial charge in [0.15, 0.2) is 5.78 Å². The molecular weight excluding hydrogens is 372 g/mol. The van der Waals surface area contributed by atoms with Gasteiger partial charge in [0.25, 0.3) is 0 Å². The smallest absolute Gasteiger partial charge is 0.242 e. The number of aromatic nitrogens is 1. The van der Waals surface area contributed by atoms with Crippen molar-refractivity contribution < 1.29 is 13.2 Å². The van der Waals surface area contributed by atoms with Gasteiger partial charge in [-0.15, -0.1) is 0 Å². The summed E-state index contributed by atoms with van der Waals surface area (Å²) >= 11 is 0. The largest absolute Gasteiger partial charge is 0.348 e. The van der Waals surface area contributed by atoms with Gasteiger partial charge in [-0.05, 0) is 42.9 Å². The Hall–Kier alpha value is -1.92. The average Bonchev–Trinajstić information content (AvgIpc) is 2.85. The van der Waals surface area contributed by atoms with Crippen molar-refractivity contribution in [3.8, 4) is 0 Å². The van der Waals surface area contributed by atoms with E-state index >= 15 is 0 Å². The molecular formula is C22H30N2O3S. The van der Waals surface area contributed by atoms with E-state index in [1.54, 1.807) is 26.2 Å². The van der Waals surface area contributed by atoms with Gasteiger partial charge in [-0.25, -0.2) is 12.7 Å². The third-order valence-electron chi connectivity index (χ3n) is 5.74. The lowest BCUT2D eigenvalue weighted by Crippen LogP contribution is -2.28. The number of nitrogens with zero attached hydrogens (tertiary/aromatic N) is 2. The lowest BCUT2D eigenvalue weighted by Gasteiger charge is -2.30. The predicted octanol–water partition coefficient (Wildman–Crippen LogP) is 3.81. The van der Waals surface area contributed by atoms with Gasteiger partial charge in [0.05, 0.1) is 4.90 Å². The molecule has 0 fully saturated rings. The standard InChI is InChI=1S/C22H30N2O3S/c1-7-24-15(2)17(21-18(24)13-22(3,4)14-19(21)25)12-16-10-8-9-11-20(16)28(26,27)23(5)6/h8-11H,7,12-14H2,1-6H3. The Balaban J connectivity index is 2.17. The molecule has 5 nitrogen and oxygen atoms in total. The monoisotopic (exact) mass is 402 g/mol. The van der Waals surface area contributed by atoms with Crippen LogP contribution in [-0.2, 0) is 29.4 Å². The number of fused-ring (bicyclic) bond motifs is 1. The highest BCUT2D eigenvalue weighted by atomic mass is 32.2. The number of Topliss-reactive ketones (excluding diaryl/α,β-unsaturated/α-hetero) is 1. The number of ketones is 1. The molecule has 2 aromatic rings. The molecule has 1 aliphatic rings. The maximum absolute atomic E-state index is 13.0. The van der Waals surface area contributed by atoms with Crippen LogP contribution in [0.1, 0.15) is 60.1 Å². The maximum atomic E-state index is 13.0. The zero-order valence-electron chi connectivity index (χ0n) is 17.7. The second kappa shape index (κ2) is 7.16. The highest BCUT2D eigenvalue weighted by Gasteiger charge is 2.36. The van der Waals surface area contributed by atoms with Gasteiger partial charge in [-0.1, -0.05) is 32.0 Å². The van der Waals surface area contributed by atoms with Crippen LogP contribution in [-0.4, -0.2) is 37.2 Å². The van der Waals surface area contributed by atoms with E-state index in [2.05, 4.69) is 25.3 Å². The Morgan fingerprint density at radius 2 is 1.79 bits per heavy atom. The van der Waals surface area contributed by atoms with Crippen molar-refractivity contribution in [2.45, 2.75) is 58.4 Å². The molecule has 0 saturated carbocycles. The van der Waals surface area contributed by atoms with Gasteiger partial charge in [-0.3, -0.25) is 4.79 Å². The number of hydrogen-bond acceptors (Lipinski definition) is 3. The molecule has 0 N–H and O–H groups in total. The summed E-state index contributed by atoms with van der Waals surface area (Å²) in [6.45, 7) is 9.20. The fraction of sp³-hybridized carbons (Fsp3) is 0.500. The molecule has 0 saturated heterocycles. The Bertz CT molecular complexity index is 1030. The SMILES string of the molecule is CCn1c(C)c(Cc2ccccc2S(=O)(=O)N(C)C)c2c1CC(C)(C)CC2=O. The Kier molecular flexibility index (Phi) is 5.32. The van der Waals surface area contributed by atoms with Crippen molar-refractivity contribution in [1.29, 1.82) is 0 Å². The van der Waals surface area contributed by atoms with Crippen LogP contribution in [0.4, 0.5) is 0 Å². The van der Waals surface area contributed by atoms with Gasteiger partial charge in [0, 0.05) is 50.4 Å². The molecule has 1 heterocycles. The van der Waals surface area contributed by atoms with Crippen molar-refractivity contribution >= 4 is 15.8 Å². The van der Waals surface area contributed by atoms with E-state index in [1.807, 2.05) is 19.1 Å². The number of rotatable bonds is 5. The highest BCUT2D eigenvalue weighted by molar-refractivity contribution is 7.89. The molecule has 0 aliphatic heterocycles. The topological polar surface area (TPSA) is 59.4 Å². The molecule has 0 bridgehead atoms. The summed E-state index contributed by atoms with van der Waals surface area (Å²) in [7, 11) is -0.471. The molecule has 0 amide bonds. The molecule has 1 aromatic carbocycles. The van der Waals surface area contributed by atoms with Crippen molar-refractivity contribution in [3.63, 3.8) is 0 Å². The molecule has 28 heavy (non-hydrogen) atoms. The van der Waals surface area contributed by atoms with Crippen molar-refractivity contribution in [2.75, 3.05) is 14.1 Å². The molecule has 0 unspecified atom stereocenters. The summed E-state index contributed by atoms with van der Waals surface area (Å²) in [5.41, 5.74) is 4.63. The maximum Gasteiger partial charge on any atom is 0.242 e. The average molecular weight is 403 g/mol. The van der Waals surface area contributed by atoms with E-state index in [4.69, 9.17) is 0 Å². The number of hydrogen-bond donors (Lipinski definition) is 0. The summed E-state index contributed by atoms with van der Waals surface area (Å²) in [6.07, 6.45) is 1.83. The Morgan fingerprint density at radius 1 is 1.14 bits per heavy atom. The number of carbonyl (C=O) groups is 1. The highest BCUT2D eigenvalue weighted by Crippen LogP contribution is 2.39. The van der Waals surface area contributed by atoms with Crippen LogP contribution in [0, 0.1) is 12.3 Å². The first kappa shape index (κ1) is 20.8. The Labute approximate surface area is 168 Å². The van der Waals surface area contributed by atoms with Crippen molar-refractivity contribution in [3.05, 3.63) is 52.3 Å². The van der Waals surface area contributed by atoms with Crippen LogP contribution < -0.4 is 0 Å². The number of benzene rings is 1. The van der Waals surface area contributed by atoms with Gasteiger partial charge in [0.1, 0.15) is 0 Å². The molecule has 1 aromatic heterocycles. The Morgan fingerprint density at radius 3 is 2.39 bits per heavy atom. The quantitative estimate of drug-likeness (QED) is 0.764. The summed E-state index contributed by atoms with van der Waals surface area (Å²) < 4.78 is 29.0.